The van der Waals surface area contributed by atoms with Crippen molar-refractivity contribution in [1.82, 2.24) is 15.6 Å². The SMILES string of the molecule is CNC1COCC1CNC(C)c1nc(C)cs1. The molecule has 1 aromatic heterocycles. The summed E-state index contributed by atoms with van der Waals surface area (Å²) >= 11 is 1.73. The number of thiazole rings is 1. The van der Waals surface area contributed by atoms with Gasteiger partial charge < -0.3 is 15.4 Å². The number of nitrogens with zero attached hydrogens (tertiary/aromatic N) is 1. The van der Waals surface area contributed by atoms with E-state index in [2.05, 4.69) is 27.9 Å². The molecule has 0 amide bonds. The minimum atomic E-state index is 0.326. The summed E-state index contributed by atoms with van der Waals surface area (Å²) < 4.78 is 5.49. The second-order valence-electron chi connectivity index (χ2n) is 4.65. The molecule has 1 fully saturated rings. The van der Waals surface area contributed by atoms with E-state index >= 15 is 0 Å². The molecule has 0 aromatic carbocycles. The van der Waals surface area contributed by atoms with Gasteiger partial charge in [0.1, 0.15) is 5.01 Å². The van der Waals surface area contributed by atoms with Crippen molar-refractivity contribution in [3.63, 3.8) is 0 Å². The molecule has 3 atom stereocenters. The van der Waals surface area contributed by atoms with E-state index in [1.54, 1.807) is 11.3 Å². The van der Waals surface area contributed by atoms with Crippen LogP contribution in [0.4, 0.5) is 0 Å². The molecule has 2 heterocycles. The highest BCUT2D eigenvalue weighted by atomic mass is 32.1. The molecule has 2 rings (SSSR count). The summed E-state index contributed by atoms with van der Waals surface area (Å²) in [6.07, 6.45) is 0. The average Bonchev–Trinajstić information content (AvgIpc) is 2.94. The zero-order valence-corrected chi connectivity index (χ0v) is 11.5. The van der Waals surface area contributed by atoms with Crippen molar-refractivity contribution in [2.24, 2.45) is 5.92 Å². The predicted octanol–water partition coefficient (Wildman–Crippen LogP) is 1.34. The number of hydrogen-bond acceptors (Lipinski definition) is 5. The number of nitrogens with one attached hydrogen (secondary N) is 2. The van der Waals surface area contributed by atoms with Crippen molar-refractivity contribution >= 4 is 11.3 Å². The second kappa shape index (κ2) is 5.91. The van der Waals surface area contributed by atoms with Crippen molar-refractivity contribution in [3.8, 4) is 0 Å². The van der Waals surface area contributed by atoms with Gasteiger partial charge in [0.25, 0.3) is 0 Å². The summed E-state index contributed by atoms with van der Waals surface area (Å²) in [7, 11) is 2.00. The van der Waals surface area contributed by atoms with Crippen LogP contribution in [0, 0.1) is 12.8 Å². The van der Waals surface area contributed by atoms with Crippen LogP contribution >= 0.6 is 11.3 Å². The van der Waals surface area contributed by atoms with Gasteiger partial charge in [-0.05, 0) is 20.9 Å². The van der Waals surface area contributed by atoms with E-state index < -0.39 is 0 Å². The Morgan fingerprint density at radius 1 is 1.59 bits per heavy atom. The topological polar surface area (TPSA) is 46.2 Å². The van der Waals surface area contributed by atoms with Gasteiger partial charge in [0.05, 0.1) is 19.3 Å². The summed E-state index contributed by atoms with van der Waals surface area (Å²) in [5, 5.41) is 10.1. The Morgan fingerprint density at radius 3 is 3.06 bits per heavy atom. The van der Waals surface area contributed by atoms with Crippen molar-refractivity contribution < 1.29 is 4.74 Å². The van der Waals surface area contributed by atoms with Crippen molar-refractivity contribution in [3.05, 3.63) is 16.1 Å². The molecule has 0 bridgehead atoms. The quantitative estimate of drug-likeness (QED) is 0.833. The standard InChI is InChI=1S/C12H21N3OS/c1-8-7-17-12(15-8)9(2)14-4-10-5-16-6-11(10)13-3/h7,9-11,13-14H,4-6H2,1-3H3. The van der Waals surface area contributed by atoms with E-state index in [0.29, 0.717) is 18.0 Å². The van der Waals surface area contributed by atoms with E-state index in [0.717, 1.165) is 25.5 Å². The van der Waals surface area contributed by atoms with E-state index in [-0.39, 0.29) is 0 Å². The Labute approximate surface area is 107 Å². The lowest BCUT2D eigenvalue weighted by atomic mass is 10.0. The number of hydrogen-bond donors (Lipinski definition) is 2. The third-order valence-electron chi connectivity index (χ3n) is 3.26. The molecule has 0 spiro atoms. The number of aryl methyl sites for hydroxylation is 1. The first-order valence-corrected chi connectivity index (χ1v) is 6.99. The third-order valence-corrected chi connectivity index (χ3v) is 4.41. The number of ether oxygens (including phenoxy) is 1. The number of rotatable bonds is 5. The zero-order chi connectivity index (χ0) is 12.3. The first-order valence-electron chi connectivity index (χ1n) is 6.11. The fraction of sp³-hybridized carbons (Fsp3) is 0.750. The first kappa shape index (κ1) is 13.0. The van der Waals surface area contributed by atoms with Gasteiger partial charge in [0.15, 0.2) is 0 Å². The molecule has 0 saturated carbocycles. The van der Waals surface area contributed by atoms with Gasteiger partial charge in [-0.15, -0.1) is 11.3 Å². The average molecular weight is 255 g/mol. The molecule has 17 heavy (non-hydrogen) atoms. The molecule has 0 aliphatic carbocycles. The largest absolute Gasteiger partial charge is 0.379 e. The molecule has 1 aliphatic heterocycles. The van der Waals surface area contributed by atoms with E-state index in [1.807, 2.05) is 14.0 Å². The highest BCUT2D eigenvalue weighted by Crippen LogP contribution is 2.19. The summed E-state index contributed by atoms with van der Waals surface area (Å²) in [6.45, 7) is 6.86. The number of likely N-dealkylation sites (N-methyl/N-ethyl adjacent to an activating group) is 1. The van der Waals surface area contributed by atoms with Gasteiger partial charge in [-0.25, -0.2) is 4.98 Å². The predicted molar refractivity (Wildman–Crippen MR) is 70.4 cm³/mol. The van der Waals surface area contributed by atoms with Crippen LogP contribution in [0.5, 0.6) is 0 Å². The lowest BCUT2D eigenvalue weighted by molar-refractivity contribution is 0.182. The summed E-state index contributed by atoms with van der Waals surface area (Å²) in [4.78, 5) is 4.50. The van der Waals surface area contributed by atoms with E-state index in [9.17, 15) is 0 Å². The lowest BCUT2D eigenvalue weighted by Crippen LogP contribution is -2.38. The van der Waals surface area contributed by atoms with Crippen LogP contribution < -0.4 is 10.6 Å². The van der Waals surface area contributed by atoms with Crippen LogP contribution in [-0.4, -0.2) is 37.8 Å². The maximum absolute atomic E-state index is 5.49. The normalized spacial score (nSPS) is 26.3. The zero-order valence-electron chi connectivity index (χ0n) is 10.7. The minimum absolute atomic E-state index is 0.326. The molecule has 0 radical (unpaired) electrons. The summed E-state index contributed by atoms with van der Waals surface area (Å²) in [5.41, 5.74) is 1.11. The van der Waals surface area contributed by atoms with Gasteiger partial charge in [-0.3, -0.25) is 0 Å². The Bertz CT molecular complexity index is 355. The summed E-state index contributed by atoms with van der Waals surface area (Å²) in [6, 6.07) is 0.805. The Kier molecular flexibility index (Phi) is 4.50. The minimum Gasteiger partial charge on any atom is -0.379 e. The van der Waals surface area contributed by atoms with Crippen molar-refractivity contribution in [2.45, 2.75) is 25.9 Å². The molecule has 1 aromatic rings. The molecular weight excluding hydrogens is 234 g/mol. The summed E-state index contributed by atoms with van der Waals surface area (Å²) in [5.74, 6) is 0.559. The van der Waals surface area contributed by atoms with Crippen LogP contribution in [0.3, 0.4) is 0 Å². The monoisotopic (exact) mass is 255 g/mol. The van der Waals surface area contributed by atoms with Gasteiger partial charge in [-0.2, -0.15) is 0 Å². The lowest BCUT2D eigenvalue weighted by Gasteiger charge is -2.19. The van der Waals surface area contributed by atoms with Crippen LogP contribution in [0.15, 0.2) is 5.38 Å². The maximum atomic E-state index is 5.49. The van der Waals surface area contributed by atoms with Crippen molar-refractivity contribution in [2.75, 3.05) is 26.8 Å². The first-order chi connectivity index (χ1) is 8.20. The molecule has 4 nitrogen and oxygen atoms in total. The van der Waals surface area contributed by atoms with E-state index in [4.69, 9.17) is 4.74 Å². The Hall–Kier alpha value is -0.490. The Balaban J connectivity index is 1.81. The fourth-order valence-corrected chi connectivity index (χ4v) is 2.93. The molecule has 5 heteroatoms. The third kappa shape index (κ3) is 3.25. The smallest absolute Gasteiger partial charge is 0.110 e. The van der Waals surface area contributed by atoms with Crippen molar-refractivity contribution in [1.29, 1.82) is 0 Å². The molecule has 1 aliphatic rings. The van der Waals surface area contributed by atoms with Crippen LogP contribution in [0.2, 0.25) is 0 Å². The van der Waals surface area contributed by atoms with Gasteiger partial charge in [0.2, 0.25) is 0 Å². The molecular formula is C12H21N3OS. The fourth-order valence-electron chi connectivity index (χ4n) is 2.11. The van der Waals surface area contributed by atoms with Gasteiger partial charge in [0, 0.05) is 29.6 Å². The highest BCUT2D eigenvalue weighted by molar-refractivity contribution is 7.09. The highest BCUT2D eigenvalue weighted by Gasteiger charge is 2.27. The van der Waals surface area contributed by atoms with Gasteiger partial charge >= 0.3 is 0 Å². The van der Waals surface area contributed by atoms with E-state index in [1.165, 1.54) is 5.01 Å². The second-order valence-corrected chi connectivity index (χ2v) is 5.54. The molecule has 3 unspecified atom stereocenters. The van der Waals surface area contributed by atoms with Gasteiger partial charge in [-0.1, -0.05) is 0 Å². The Morgan fingerprint density at radius 2 is 2.41 bits per heavy atom. The maximum Gasteiger partial charge on any atom is 0.110 e. The van der Waals surface area contributed by atoms with Crippen LogP contribution in [0.25, 0.3) is 0 Å². The van der Waals surface area contributed by atoms with Crippen LogP contribution in [0.1, 0.15) is 23.7 Å². The molecule has 96 valence electrons. The molecule has 2 N–H and O–H groups in total. The van der Waals surface area contributed by atoms with Crippen LogP contribution in [-0.2, 0) is 4.74 Å². The number of aromatic nitrogens is 1. The molecule has 1 saturated heterocycles.